The first-order valence-electron chi connectivity index (χ1n) is 6.02. The number of rotatable bonds is 5. The molecule has 2 rings (SSSR count). The Morgan fingerprint density at radius 3 is 2.57 bits per heavy atom. The molecule has 6 heteroatoms. The van der Waals surface area contributed by atoms with Crippen LogP contribution in [0.4, 0.5) is 0 Å². The minimum absolute atomic E-state index is 0.163. The van der Waals surface area contributed by atoms with Gasteiger partial charge >= 0.3 is 5.97 Å². The first-order valence-corrected chi connectivity index (χ1v) is 7.09. The van der Waals surface area contributed by atoms with E-state index in [9.17, 15) is 9.59 Å². The number of amides is 1. The van der Waals surface area contributed by atoms with Gasteiger partial charge in [-0.2, -0.15) is 0 Å². The molecule has 0 aliphatic rings. The number of carboxylic acid groups (broad SMARTS) is 1. The summed E-state index contributed by atoms with van der Waals surface area (Å²) in [6.45, 7) is 0.222. The van der Waals surface area contributed by atoms with Gasteiger partial charge in [0.2, 0.25) is 5.91 Å². The van der Waals surface area contributed by atoms with Crippen molar-refractivity contribution < 1.29 is 19.4 Å². The summed E-state index contributed by atoms with van der Waals surface area (Å²) in [4.78, 5) is 22.1. The number of hydrogen-bond donors (Lipinski definition) is 2. The van der Waals surface area contributed by atoms with Gasteiger partial charge in [0.1, 0.15) is 12.4 Å². The highest BCUT2D eigenvalue weighted by Crippen LogP contribution is 2.23. The number of aromatic carboxylic acids is 1. The number of primary amides is 1. The van der Waals surface area contributed by atoms with Gasteiger partial charge in [0.15, 0.2) is 0 Å². The molecule has 5 nitrogen and oxygen atoms in total. The fourth-order valence-corrected chi connectivity index (χ4v) is 2.21. The van der Waals surface area contributed by atoms with Crippen molar-refractivity contribution in [3.05, 3.63) is 62.7 Å². The first kappa shape index (κ1) is 15.3. The highest BCUT2D eigenvalue weighted by Gasteiger charge is 2.09. The number of nitrogens with two attached hydrogens (primary N) is 1. The normalized spacial score (nSPS) is 10.1. The molecule has 0 saturated heterocycles. The van der Waals surface area contributed by atoms with Crippen molar-refractivity contribution in [1.29, 1.82) is 0 Å². The molecular weight excluding hydrogens is 385 g/mol. The lowest BCUT2D eigenvalue weighted by atomic mass is 10.1. The number of carbonyl (C=O) groups excluding carboxylic acids is 1. The second kappa shape index (κ2) is 6.57. The molecule has 3 N–H and O–H groups in total. The quantitative estimate of drug-likeness (QED) is 0.760. The first-order chi connectivity index (χ1) is 9.97. The van der Waals surface area contributed by atoms with Crippen LogP contribution in [0, 0.1) is 3.57 Å². The van der Waals surface area contributed by atoms with Crippen LogP contribution in [-0.2, 0) is 6.61 Å². The molecular formula is C15H12INO4. The molecule has 1 amide bonds. The summed E-state index contributed by atoms with van der Waals surface area (Å²) in [6, 6.07) is 11.5. The number of halogens is 1. The number of carbonyl (C=O) groups is 2. The van der Waals surface area contributed by atoms with Crippen LogP contribution in [0.1, 0.15) is 26.3 Å². The van der Waals surface area contributed by atoms with E-state index in [4.69, 9.17) is 15.6 Å². The van der Waals surface area contributed by atoms with E-state index in [0.29, 0.717) is 11.3 Å². The van der Waals surface area contributed by atoms with E-state index in [2.05, 4.69) is 22.6 Å². The van der Waals surface area contributed by atoms with E-state index in [1.807, 2.05) is 0 Å². The molecule has 0 heterocycles. The minimum atomic E-state index is -1.01. The molecule has 21 heavy (non-hydrogen) atoms. The van der Waals surface area contributed by atoms with E-state index in [1.165, 1.54) is 12.1 Å². The fourth-order valence-electron chi connectivity index (χ4n) is 1.72. The van der Waals surface area contributed by atoms with Crippen LogP contribution in [0.3, 0.4) is 0 Å². The molecule has 108 valence electrons. The van der Waals surface area contributed by atoms with Crippen molar-refractivity contribution in [3.63, 3.8) is 0 Å². The monoisotopic (exact) mass is 397 g/mol. The Hall–Kier alpha value is -2.09. The molecule has 0 fully saturated rings. The Morgan fingerprint density at radius 1 is 1.14 bits per heavy atom. The lowest BCUT2D eigenvalue weighted by molar-refractivity contribution is 0.0696. The maximum Gasteiger partial charge on any atom is 0.335 e. The summed E-state index contributed by atoms with van der Waals surface area (Å²) >= 11 is 2.07. The second-order valence-corrected chi connectivity index (χ2v) is 5.47. The largest absolute Gasteiger partial charge is 0.488 e. The molecule has 0 aliphatic carbocycles. The summed E-state index contributed by atoms with van der Waals surface area (Å²) in [5, 5.41) is 8.97. The van der Waals surface area contributed by atoms with Crippen LogP contribution in [-0.4, -0.2) is 17.0 Å². The predicted molar refractivity (Wildman–Crippen MR) is 85.4 cm³/mol. The van der Waals surface area contributed by atoms with Gasteiger partial charge in [0.25, 0.3) is 0 Å². The summed E-state index contributed by atoms with van der Waals surface area (Å²) in [5.41, 5.74) is 6.57. The maximum absolute atomic E-state index is 11.1. The third-order valence-corrected chi connectivity index (χ3v) is 3.68. The number of benzene rings is 2. The Labute approximate surface area is 134 Å². The Bertz CT molecular complexity index is 700. The average molecular weight is 397 g/mol. The van der Waals surface area contributed by atoms with E-state index in [-0.39, 0.29) is 12.2 Å². The predicted octanol–water partition coefficient (Wildman–Crippen LogP) is 2.67. The Kier molecular flexibility index (Phi) is 4.79. The summed E-state index contributed by atoms with van der Waals surface area (Å²) < 4.78 is 6.43. The van der Waals surface area contributed by atoms with Crippen molar-refractivity contribution in [1.82, 2.24) is 0 Å². The van der Waals surface area contributed by atoms with Crippen LogP contribution in [0.2, 0.25) is 0 Å². The molecule has 2 aromatic rings. The number of hydrogen-bond acceptors (Lipinski definition) is 3. The van der Waals surface area contributed by atoms with Gasteiger partial charge in [-0.1, -0.05) is 12.1 Å². The summed E-state index contributed by atoms with van der Waals surface area (Å²) in [6.07, 6.45) is 0. The van der Waals surface area contributed by atoms with Crippen LogP contribution in [0.5, 0.6) is 5.75 Å². The van der Waals surface area contributed by atoms with Crippen molar-refractivity contribution in [3.8, 4) is 5.75 Å². The van der Waals surface area contributed by atoms with E-state index in [1.54, 1.807) is 30.3 Å². The molecule has 0 radical (unpaired) electrons. The van der Waals surface area contributed by atoms with E-state index in [0.717, 1.165) is 9.13 Å². The van der Waals surface area contributed by atoms with E-state index < -0.39 is 11.9 Å². The van der Waals surface area contributed by atoms with Gasteiger partial charge in [-0.3, -0.25) is 4.79 Å². The summed E-state index contributed by atoms with van der Waals surface area (Å²) in [5.74, 6) is -1.02. The Morgan fingerprint density at radius 2 is 1.90 bits per heavy atom. The highest BCUT2D eigenvalue weighted by atomic mass is 127. The number of ether oxygens (including phenoxy) is 1. The number of carboxylic acids is 1. The van der Waals surface area contributed by atoms with Crippen molar-refractivity contribution in [2.24, 2.45) is 5.73 Å². The van der Waals surface area contributed by atoms with Crippen LogP contribution in [0.25, 0.3) is 0 Å². The fraction of sp³-hybridized carbons (Fsp3) is 0.0667. The zero-order valence-electron chi connectivity index (χ0n) is 10.9. The maximum atomic E-state index is 11.1. The van der Waals surface area contributed by atoms with Crippen LogP contribution < -0.4 is 10.5 Å². The SMILES string of the molecule is NC(=O)c1cccc(COc2cc(C(=O)O)ccc2I)c1. The summed E-state index contributed by atoms with van der Waals surface area (Å²) in [7, 11) is 0. The van der Waals surface area contributed by atoms with Gasteiger partial charge in [0, 0.05) is 5.56 Å². The van der Waals surface area contributed by atoms with Gasteiger partial charge in [-0.05, 0) is 58.5 Å². The van der Waals surface area contributed by atoms with Gasteiger partial charge in [-0.15, -0.1) is 0 Å². The van der Waals surface area contributed by atoms with Gasteiger partial charge in [-0.25, -0.2) is 4.79 Å². The molecule has 0 spiro atoms. The topological polar surface area (TPSA) is 89.6 Å². The van der Waals surface area contributed by atoms with Crippen molar-refractivity contribution in [2.45, 2.75) is 6.61 Å². The third-order valence-electron chi connectivity index (χ3n) is 2.78. The molecule has 0 aromatic heterocycles. The lowest BCUT2D eigenvalue weighted by Gasteiger charge is -2.09. The average Bonchev–Trinajstić information content (AvgIpc) is 2.46. The van der Waals surface area contributed by atoms with Crippen molar-refractivity contribution in [2.75, 3.05) is 0 Å². The lowest BCUT2D eigenvalue weighted by Crippen LogP contribution is -2.11. The zero-order valence-corrected chi connectivity index (χ0v) is 13.0. The molecule has 0 unspecified atom stereocenters. The standard InChI is InChI=1S/C15H12INO4/c16-12-5-4-11(15(19)20)7-13(12)21-8-9-2-1-3-10(6-9)14(17)18/h1-7H,8H2,(H2,17,18)(H,19,20). The van der Waals surface area contributed by atoms with Crippen LogP contribution >= 0.6 is 22.6 Å². The zero-order chi connectivity index (χ0) is 15.4. The Balaban J connectivity index is 2.16. The van der Waals surface area contributed by atoms with E-state index >= 15 is 0 Å². The smallest absolute Gasteiger partial charge is 0.335 e. The molecule has 2 aromatic carbocycles. The second-order valence-electron chi connectivity index (χ2n) is 4.30. The van der Waals surface area contributed by atoms with Crippen LogP contribution in [0.15, 0.2) is 42.5 Å². The minimum Gasteiger partial charge on any atom is -0.488 e. The molecule has 0 atom stereocenters. The molecule has 0 bridgehead atoms. The molecule has 0 saturated carbocycles. The third kappa shape index (κ3) is 3.94. The van der Waals surface area contributed by atoms with Gasteiger partial charge in [0.05, 0.1) is 9.13 Å². The highest BCUT2D eigenvalue weighted by molar-refractivity contribution is 14.1. The molecule has 0 aliphatic heterocycles. The van der Waals surface area contributed by atoms with Gasteiger partial charge < -0.3 is 15.6 Å². The van der Waals surface area contributed by atoms with Crippen molar-refractivity contribution >= 4 is 34.5 Å².